The van der Waals surface area contributed by atoms with Gasteiger partial charge in [0.25, 0.3) is 0 Å². The van der Waals surface area contributed by atoms with Gasteiger partial charge in [-0.3, -0.25) is 0 Å². The Morgan fingerprint density at radius 1 is 1.32 bits per heavy atom. The van der Waals surface area contributed by atoms with E-state index in [9.17, 15) is 18.0 Å². The summed E-state index contributed by atoms with van der Waals surface area (Å²) in [7, 11) is 1.64. The maximum absolute atomic E-state index is 12.9. The quantitative estimate of drug-likeness (QED) is 0.473. The van der Waals surface area contributed by atoms with Crippen molar-refractivity contribution in [1.29, 1.82) is 5.26 Å². The van der Waals surface area contributed by atoms with Crippen LogP contribution < -0.4 is 0 Å². The van der Waals surface area contributed by atoms with Crippen molar-refractivity contribution in [3.05, 3.63) is 53.2 Å². The highest BCUT2D eigenvalue weighted by molar-refractivity contribution is 5.97. The summed E-state index contributed by atoms with van der Waals surface area (Å²) in [6.07, 6.45) is -3.09. The van der Waals surface area contributed by atoms with Crippen LogP contribution >= 0.6 is 0 Å². The molecule has 0 unspecified atom stereocenters. The molecular weight excluding hydrogens is 333 g/mol. The Hall–Kier alpha value is -3.01. The molecule has 7 heteroatoms. The Kier molecular flexibility index (Phi) is 5.32. The minimum atomic E-state index is -4.43. The van der Waals surface area contributed by atoms with Crippen molar-refractivity contribution >= 4 is 12.0 Å². The number of rotatable bonds is 4. The Bertz CT molecular complexity index is 858. The van der Waals surface area contributed by atoms with Gasteiger partial charge in [-0.25, -0.2) is 4.79 Å². The van der Waals surface area contributed by atoms with Crippen LogP contribution in [0, 0.1) is 11.3 Å². The number of aromatic nitrogens is 1. The predicted molar refractivity (Wildman–Crippen MR) is 86.1 cm³/mol. The van der Waals surface area contributed by atoms with Crippen molar-refractivity contribution < 1.29 is 22.7 Å². The molecule has 0 aliphatic rings. The molecule has 0 radical (unpaired) electrons. The highest BCUT2D eigenvalue weighted by Crippen LogP contribution is 2.32. The SMILES string of the molecule is CCOC(=O)C(C#N)=Cc1ccc(-c2cccc(C(F)(F)F)c2)n1C. The Labute approximate surface area is 142 Å². The molecule has 0 saturated carbocycles. The highest BCUT2D eigenvalue weighted by Gasteiger charge is 2.30. The van der Waals surface area contributed by atoms with Gasteiger partial charge in [0.2, 0.25) is 0 Å². The lowest BCUT2D eigenvalue weighted by Gasteiger charge is -2.10. The summed E-state index contributed by atoms with van der Waals surface area (Å²) < 4.78 is 45.0. The van der Waals surface area contributed by atoms with Gasteiger partial charge in [0.1, 0.15) is 11.6 Å². The van der Waals surface area contributed by atoms with E-state index in [1.807, 2.05) is 0 Å². The zero-order valence-electron chi connectivity index (χ0n) is 13.6. The molecule has 0 aliphatic carbocycles. The van der Waals surface area contributed by atoms with E-state index in [4.69, 9.17) is 10.00 Å². The van der Waals surface area contributed by atoms with E-state index in [-0.39, 0.29) is 12.2 Å². The molecule has 0 atom stereocenters. The lowest BCUT2D eigenvalue weighted by atomic mass is 10.1. The van der Waals surface area contributed by atoms with Crippen LogP contribution in [0.3, 0.4) is 0 Å². The molecule has 2 aromatic rings. The number of nitriles is 1. The summed E-state index contributed by atoms with van der Waals surface area (Å²) in [6, 6.07) is 9.96. The molecule has 130 valence electrons. The van der Waals surface area contributed by atoms with Crippen LogP contribution in [0.2, 0.25) is 0 Å². The van der Waals surface area contributed by atoms with E-state index < -0.39 is 17.7 Å². The molecule has 0 N–H and O–H groups in total. The van der Waals surface area contributed by atoms with E-state index in [2.05, 4.69) is 0 Å². The molecule has 1 aromatic heterocycles. The summed E-state index contributed by atoms with van der Waals surface area (Å²) in [5, 5.41) is 9.07. The van der Waals surface area contributed by atoms with Gasteiger partial charge in [-0.05, 0) is 42.8 Å². The van der Waals surface area contributed by atoms with Crippen molar-refractivity contribution in [2.75, 3.05) is 6.61 Å². The molecule has 1 aromatic carbocycles. The monoisotopic (exact) mass is 348 g/mol. The van der Waals surface area contributed by atoms with E-state index in [0.29, 0.717) is 17.0 Å². The first-order valence-electron chi connectivity index (χ1n) is 7.40. The first-order chi connectivity index (χ1) is 11.8. The van der Waals surface area contributed by atoms with Crippen LogP contribution in [0.5, 0.6) is 0 Å². The minimum Gasteiger partial charge on any atom is -0.462 e. The fraction of sp³-hybridized carbons (Fsp3) is 0.222. The maximum Gasteiger partial charge on any atom is 0.416 e. The van der Waals surface area contributed by atoms with E-state index in [1.54, 1.807) is 42.8 Å². The van der Waals surface area contributed by atoms with Gasteiger partial charge in [-0.15, -0.1) is 0 Å². The van der Waals surface area contributed by atoms with Crippen LogP contribution in [0.4, 0.5) is 13.2 Å². The summed E-state index contributed by atoms with van der Waals surface area (Å²) in [5.74, 6) is -0.744. The van der Waals surface area contributed by atoms with Gasteiger partial charge in [0, 0.05) is 18.4 Å². The average Bonchev–Trinajstić information content (AvgIpc) is 2.92. The lowest BCUT2D eigenvalue weighted by Crippen LogP contribution is -2.07. The molecule has 0 saturated heterocycles. The summed E-state index contributed by atoms with van der Waals surface area (Å²) in [6.45, 7) is 1.77. The highest BCUT2D eigenvalue weighted by atomic mass is 19.4. The zero-order chi connectivity index (χ0) is 18.6. The third kappa shape index (κ3) is 4.10. The van der Waals surface area contributed by atoms with Crippen LogP contribution in [0.25, 0.3) is 17.3 Å². The average molecular weight is 348 g/mol. The number of hydrogen-bond donors (Lipinski definition) is 0. The molecule has 1 heterocycles. The van der Waals surface area contributed by atoms with Crippen molar-refractivity contribution in [3.8, 4) is 17.3 Å². The van der Waals surface area contributed by atoms with E-state index >= 15 is 0 Å². The maximum atomic E-state index is 12.9. The molecule has 0 bridgehead atoms. The van der Waals surface area contributed by atoms with Crippen molar-refractivity contribution in [2.24, 2.45) is 7.05 Å². The number of hydrogen-bond acceptors (Lipinski definition) is 3. The number of carbonyl (C=O) groups is 1. The van der Waals surface area contributed by atoms with Gasteiger partial charge >= 0.3 is 12.1 Å². The number of ether oxygens (including phenoxy) is 1. The fourth-order valence-corrected chi connectivity index (χ4v) is 2.31. The fourth-order valence-electron chi connectivity index (χ4n) is 2.31. The van der Waals surface area contributed by atoms with Gasteiger partial charge in [0.15, 0.2) is 0 Å². The molecule has 0 amide bonds. The van der Waals surface area contributed by atoms with E-state index in [0.717, 1.165) is 12.1 Å². The van der Waals surface area contributed by atoms with Crippen molar-refractivity contribution in [2.45, 2.75) is 13.1 Å². The first kappa shape index (κ1) is 18.3. The molecule has 4 nitrogen and oxygen atoms in total. The van der Waals surface area contributed by atoms with Crippen LogP contribution in [-0.4, -0.2) is 17.1 Å². The number of alkyl halides is 3. The lowest BCUT2D eigenvalue weighted by molar-refractivity contribution is -0.138. The Morgan fingerprint density at radius 2 is 2.04 bits per heavy atom. The zero-order valence-corrected chi connectivity index (χ0v) is 13.6. The number of halogens is 3. The van der Waals surface area contributed by atoms with Gasteiger partial charge in [-0.1, -0.05) is 12.1 Å². The molecule has 0 aliphatic heterocycles. The van der Waals surface area contributed by atoms with Crippen LogP contribution in [0.1, 0.15) is 18.2 Å². The standard InChI is InChI=1S/C18H15F3N2O2/c1-3-25-17(24)13(11-22)10-15-7-8-16(23(15)2)12-5-4-6-14(9-12)18(19,20)21/h4-10H,3H2,1-2H3. The normalized spacial score (nSPS) is 11.9. The number of esters is 1. The Morgan fingerprint density at radius 3 is 2.64 bits per heavy atom. The molecule has 0 fully saturated rings. The predicted octanol–water partition coefficient (Wildman–Crippen LogP) is 4.18. The molecular formula is C18H15F3N2O2. The van der Waals surface area contributed by atoms with E-state index in [1.165, 1.54) is 12.1 Å². The van der Waals surface area contributed by atoms with Gasteiger partial charge < -0.3 is 9.30 Å². The van der Waals surface area contributed by atoms with Gasteiger partial charge in [0.05, 0.1) is 12.2 Å². The molecule has 0 spiro atoms. The smallest absolute Gasteiger partial charge is 0.416 e. The minimum absolute atomic E-state index is 0.139. The summed E-state index contributed by atoms with van der Waals surface area (Å²) >= 11 is 0. The molecule has 25 heavy (non-hydrogen) atoms. The van der Waals surface area contributed by atoms with Crippen molar-refractivity contribution in [1.82, 2.24) is 4.57 Å². The number of nitrogens with zero attached hydrogens (tertiary/aromatic N) is 2. The summed E-state index contributed by atoms with van der Waals surface area (Å²) in [4.78, 5) is 11.7. The number of carbonyl (C=O) groups excluding carboxylic acids is 1. The van der Waals surface area contributed by atoms with Crippen LogP contribution in [-0.2, 0) is 22.8 Å². The topological polar surface area (TPSA) is 55.0 Å². The largest absolute Gasteiger partial charge is 0.462 e. The third-order valence-corrected chi connectivity index (χ3v) is 3.55. The number of benzene rings is 1. The second-order valence-electron chi connectivity index (χ2n) is 5.17. The van der Waals surface area contributed by atoms with Crippen molar-refractivity contribution in [3.63, 3.8) is 0 Å². The Balaban J connectivity index is 2.43. The molecule has 2 rings (SSSR count). The van der Waals surface area contributed by atoms with Crippen LogP contribution in [0.15, 0.2) is 42.0 Å². The summed E-state index contributed by atoms with van der Waals surface area (Å²) in [5.41, 5.74) is 0.480. The van der Waals surface area contributed by atoms with Gasteiger partial charge in [-0.2, -0.15) is 18.4 Å². The third-order valence-electron chi connectivity index (χ3n) is 3.55. The second kappa shape index (κ2) is 7.26. The second-order valence-corrected chi connectivity index (χ2v) is 5.17. The first-order valence-corrected chi connectivity index (χ1v) is 7.40.